The Balaban J connectivity index is 2.14. The Morgan fingerprint density at radius 1 is 0.923 bits per heavy atom. The maximum Gasteiger partial charge on any atom is 0.143 e. The predicted octanol–water partition coefficient (Wildman–Crippen LogP) is 4.97. The number of hydrazine groups is 1. The average molecular weight is 356 g/mol. The molecule has 0 fully saturated rings. The highest BCUT2D eigenvalue weighted by atomic mass is 16.5. The topological polar surface area (TPSA) is 28.6 Å². The number of anilines is 1. The van der Waals surface area contributed by atoms with E-state index in [0.717, 1.165) is 23.6 Å². The van der Waals surface area contributed by atoms with Gasteiger partial charge in [-0.05, 0) is 64.8 Å². The molecule has 0 saturated carbocycles. The van der Waals surface area contributed by atoms with Gasteiger partial charge in [-0.3, -0.25) is 5.01 Å². The van der Waals surface area contributed by atoms with Crippen LogP contribution in [0.4, 0.5) is 5.82 Å². The number of nitrogens with zero attached hydrogens (tertiary/aromatic N) is 3. The van der Waals surface area contributed by atoms with Crippen molar-refractivity contribution in [2.75, 3.05) is 11.6 Å². The Morgan fingerprint density at radius 2 is 1.54 bits per heavy atom. The zero-order valence-electron chi connectivity index (χ0n) is 17.1. The number of ether oxygens (including phenoxy) is 1. The number of benzene rings is 1. The fourth-order valence-electron chi connectivity index (χ4n) is 3.39. The van der Waals surface area contributed by atoms with Gasteiger partial charge in [0.25, 0.3) is 0 Å². The molecule has 0 amide bonds. The molecule has 0 aliphatic heterocycles. The van der Waals surface area contributed by atoms with Crippen LogP contribution in [0.5, 0.6) is 0 Å². The molecule has 0 aliphatic carbocycles. The lowest BCUT2D eigenvalue weighted by atomic mass is 10.2. The van der Waals surface area contributed by atoms with E-state index in [4.69, 9.17) is 9.72 Å². The van der Waals surface area contributed by atoms with Crippen molar-refractivity contribution in [2.45, 2.75) is 66.8 Å². The molecule has 0 aliphatic rings. The van der Waals surface area contributed by atoms with Crippen molar-refractivity contribution in [3.63, 3.8) is 0 Å². The fourth-order valence-corrected chi connectivity index (χ4v) is 3.39. The second kappa shape index (κ2) is 9.70. The first-order valence-corrected chi connectivity index (χ1v) is 9.57. The van der Waals surface area contributed by atoms with Gasteiger partial charge in [-0.15, -0.1) is 0 Å². The molecule has 0 saturated heterocycles. The first kappa shape index (κ1) is 20.4. The molecular formula is C22H33N3O. The molecule has 4 nitrogen and oxygen atoms in total. The first-order chi connectivity index (χ1) is 12.4. The largest absolute Gasteiger partial charge is 0.372 e. The van der Waals surface area contributed by atoms with Crippen LogP contribution in [0, 0.1) is 6.92 Å². The molecule has 142 valence electrons. The third-order valence-electron chi connectivity index (χ3n) is 4.28. The number of pyridine rings is 1. The summed E-state index contributed by atoms with van der Waals surface area (Å²) in [7, 11) is 0. The minimum atomic E-state index is 0.412. The smallest absolute Gasteiger partial charge is 0.143 e. The van der Waals surface area contributed by atoms with Gasteiger partial charge in [0.1, 0.15) is 5.82 Å². The summed E-state index contributed by atoms with van der Waals surface area (Å²) in [6.45, 7) is 15.2. The lowest BCUT2D eigenvalue weighted by molar-refractivity contribution is 0.107. The van der Waals surface area contributed by atoms with Crippen molar-refractivity contribution in [1.82, 2.24) is 9.99 Å². The Labute approximate surface area is 158 Å². The molecule has 0 atom stereocenters. The van der Waals surface area contributed by atoms with E-state index in [0.29, 0.717) is 25.3 Å². The van der Waals surface area contributed by atoms with Crippen molar-refractivity contribution in [3.05, 3.63) is 59.3 Å². The van der Waals surface area contributed by atoms with Gasteiger partial charge >= 0.3 is 0 Å². The second-order valence-corrected chi connectivity index (χ2v) is 7.24. The minimum absolute atomic E-state index is 0.412. The van der Waals surface area contributed by atoms with Crippen LogP contribution in [0.1, 0.15) is 51.4 Å². The Hall–Kier alpha value is -1.91. The monoisotopic (exact) mass is 355 g/mol. The molecule has 0 N–H and O–H groups in total. The van der Waals surface area contributed by atoms with Crippen molar-refractivity contribution < 1.29 is 4.74 Å². The van der Waals surface area contributed by atoms with Gasteiger partial charge in [0.15, 0.2) is 0 Å². The van der Waals surface area contributed by atoms with E-state index in [1.54, 1.807) is 0 Å². The van der Waals surface area contributed by atoms with E-state index in [2.05, 4.69) is 68.9 Å². The van der Waals surface area contributed by atoms with E-state index >= 15 is 0 Å². The zero-order valence-corrected chi connectivity index (χ0v) is 17.1. The van der Waals surface area contributed by atoms with E-state index < -0.39 is 0 Å². The maximum atomic E-state index is 5.92. The third kappa shape index (κ3) is 5.55. The first-order valence-electron chi connectivity index (χ1n) is 9.57. The summed E-state index contributed by atoms with van der Waals surface area (Å²) < 4.78 is 5.92. The van der Waals surface area contributed by atoms with Crippen molar-refractivity contribution >= 4 is 5.82 Å². The number of hydrogen-bond donors (Lipinski definition) is 0. The maximum absolute atomic E-state index is 5.92. The summed E-state index contributed by atoms with van der Waals surface area (Å²) in [5.41, 5.74) is 3.38. The molecule has 26 heavy (non-hydrogen) atoms. The minimum Gasteiger partial charge on any atom is -0.372 e. The number of rotatable bonds is 9. The lowest BCUT2D eigenvalue weighted by Gasteiger charge is -2.41. The summed E-state index contributed by atoms with van der Waals surface area (Å²) in [5, 5.41) is 4.67. The molecule has 2 rings (SSSR count). The molecule has 0 unspecified atom stereocenters. The van der Waals surface area contributed by atoms with Gasteiger partial charge in [-0.1, -0.05) is 30.3 Å². The van der Waals surface area contributed by atoms with Crippen molar-refractivity contribution in [3.8, 4) is 0 Å². The van der Waals surface area contributed by atoms with Crippen LogP contribution in [0.15, 0.2) is 42.5 Å². The van der Waals surface area contributed by atoms with Crippen LogP contribution in [0.2, 0.25) is 0 Å². The summed E-state index contributed by atoms with van der Waals surface area (Å²) in [6.07, 6.45) is 0. The highest BCUT2D eigenvalue weighted by molar-refractivity contribution is 5.41. The second-order valence-electron chi connectivity index (χ2n) is 7.24. The standard InChI is InChI=1S/C22H33N3O/c1-7-24(25(17(2)3)18(4)5)22-14-21(13-19(6)23-22)16-26-15-20-11-9-8-10-12-20/h8-14,17-18H,7,15-16H2,1-6H3. The highest BCUT2D eigenvalue weighted by Gasteiger charge is 2.22. The Morgan fingerprint density at radius 3 is 2.12 bits per heavy atom. The van der Waals surface area contributed by atoms with Gasteiger partial charge in [-0.2, -0.15) is 0 Å². The quantitative estimate of drug-likeness (QED) is 0.594. The van der Waals surface area contributed by atoms with Gasteiger partial charge in [0, 0.05) is 24.3 Å². The average Bonchev–Trinajstić information content (AvgIpc) is 2.59. The third-order valence-corrected chi connectivity index (χ3v) is 4.28. The van der Waals surface area contributed by atoms with Crippen molar-refractivity contribution in [2.24, 2.45) is 0 Å². The van der Waals surface area contributed by atoms with E-state index in [9.17, 15) is 0 Å². The van der Waals surface area contributed by atoms with Crippen LogP contribution >= 0.6 is 0 Å². The van der Waals surface area contributed by atoms with Gasteiger partial charge in [-0.25, -0.2) is 9.99 Å². The van der Waals surface area contributed by atoms with Crippen LogP contribution in [0.3, 0.4) is 0 Å². The number of aromatic nitrogens is 1. The summed E-state index contributed by atoms with van der Waals surface area (Å²) in [5.74, 6) is 0.994. The van der Waals surface area contributed by atoms with Crippen LogP contribution in [0.25, 0.3) is 0 Å². The number of aryl methyl sites for hydroxylation is 1. The van der Waals surface area contributed by atoms with Crippen LogP contribution in [-0.2, 0) is 18.0 Å². The summed E-state index contributed by atoms with van der Waals surface area (Å²) in [6, 6.07) is 15.4. The molecule has 2 aromatic rings. The normalized spacial score (nSPS) is 11.6. The molecule has 0 radical (unpaired) electrons. The SMILES string of the molecule is CCN(c1cc(COCc2ccccc2)cc(C)n1)N(C(C)C)C(C)C. The molecule has 1 aromatic carbocycles. The van der Waals surface area contributed by atoms with E-state index in [1.165, 1.54) is 5.56 Å². The molecule has 0 spiro atoms. The van der Waals surface area contributed by atoms with Gasteiger partial charge < -0.3 is 4.74 Å². The predicted molar refractivity (Wildman–Crippen MR) is 109 cm³/mol. The van der Waals surface area contributed by atoms with E-state index in [1.807, 2.05) is 25.1 Å². The Bertz CT molecular complexity index is 662. The van der Waals surface area contributed by atoms with E-state index in [-0.39, 0.29) is 0 Å². The van der Waals surface area contributed by atoms with Crippen molar-refractivity contribution in [1.29, 1.82) is 0 Å². The zero-order chi connectivity index (χ0) is 19.1. The Kier molecular flexibility index (Phi) is 7.61. The molecule has 4 heteroatoms. The van der Waals surface area contributed by atoms with Gasteiger partial charge in [0.05, 0.1) is 13.2 Å². The fraction of sp³-hybridized carbons (Fsp3) is 0.500. The van der Waals surface area contributed by atoms with Crippen LogP contribution in [-0.4, -0.2) is 28.6 Å². The summed E-state index contributed by atoms with van der Waals surface area (Å²) >= 11 is 0. The molecule has 1 aromatic heterocycles. The molecule has 1 heterocycles. The highest BCUT2D eigenvalue weighted by Crippen LogP contribution is 2.21. The molecular weight excluding hydrogens is 322 g/mol. The molecule has 0 bridgehead atoms. The van der Waals surface area contributed by atoms with Crippen LogP contribution < -0.4 is 5.01 Å². The summed E-state index contributed by atoms with van der Waals surface area (Å²) in [4.78, 5) is 4.79. The van der Waals surface area contributed by atoms with Gasteiger partial charge in [0.2, 0.25) is 0 Å². The number of hydrogen-bond acceptors (Lipinski definition) is 4. The lowest BCUT2D eigenvalue weighted by Crippen LogP contribution is -2.51.